The number of aromatic nitrogens is 4. The molecular formula is C14H9N4. The van der Waals surface area contributed by atoms with E-state index in [0.29, 0.717) is 0 Å². The molecule has 2 N–H and O–H groups in total. The topological polar surface area (TPSA) is 57.4 Å². The minimum atomic E-state index is 0.780. The molecule has 0 atom stereocenters. The van der Waals surface area contributed by atoms with Crippen molar-refractivity contribution in [2.24, 2.45) is 0 Å². The van der Waals surface area contributed by atoms with Gasteiger partial charge in [-0.2, -0.15) is 5.10 Å². The van der Waals surface area contributed by atoms with Gasteiger partial charge in [-0.1, -0.05) is 18.2 Å². The number of rotatable bonds is 1. The largest absolute Gasteiger partial charge is 0.337 e. The average molecular weight is 233 g/mol. The second-order valence-electron chi connectivity index (χ2n) is 4.15. The SMILES string of the molecule is [c]1ccc2[nH]nc(-c3nc4ccccc4[nH]3)c2c1. The average Bonchev–Trinajstić information content (AvgIpc) is 3.02. The number of fused-ring (bicyclic) bond motifs is 2. The summed E-state index contributed by atoms with van der Waals surface area (Å²) >= 11 is 0. The Hall–Kier alpha value is -2.62. The highest BCUT2D eigenvalue weighted by atomic mass is 15.1. The highest BCUT2D eigenvalue weighted by Crippen LogP contribution is 2.25. The van der Waals surface area contributed by atoms with Crippen molar-refractivity contribution >= 4 is 21.9 Å². The zero-order valence-electron chi connectivity index (χ0n) is 9.44. The summed E-state index contributed by atoms with van der Waals surface area (Å²) in [7, 11) is 0. The summed E-state index contributed by atoms with van der Waals surface area (Å²) in [4.78, 5) is 7.84. The molecule has 0 fully saturated rings. The molecule has 2 heterocycles. The minimum absolute atomic E-state index is 0.780. The maximum absolute atomic E-state index is 4.55. The Kier molecular flexibility index (Phi) is 1.80. The predicted octanol–water partition coefficient (Wildman–Crippen LogP) is 2.91. The van der Waals surface area contributed by atoms with Crippen molar-refractivity contribution in [1.29, 1.82) is 0 Å². The van der Waals surface area contributed by atoms with Gasteiger partial charge in [0.1, 0.15) is 5.69 Å². The first kappa shape index (κ1) is 9.41. The molecule has 0 spiro atoms. The third kappa shape index (κ3) is 1.26. The van der Waals surface area contributed by atoms with Crippen LogP contribution in [0.2, 0.25) is 0 Å². The summed E-state index contributed by atoms with van der Waals surface area (Å²) < 4.78 is 0. The Morgan fingerprint density at radius 3 is 2.94 bits per heavy atom. The Bertz CT molecular complexity index is 808. The van der Waals surface area contributed by atoms with Gasteiger partial charge >= 0.3 is 0 Å². The van der Waals surface area contributed by atoms with Crippen LogP contribution in [0.3, 0.4) is 0 Å². The van der Waals surface area contributed by atoms with Gasteiger partial charge in [0.2, 0.25) is 0 Å². The monoisotopic (exact) mass is 233 g/mol. The van der Waals surface area contributed by atoms with Crippen LogP contribution in [0.5, 0.6) is 0 Å². The molecule has 0 saturated heterocycles. The van der Waals surface area contributed by atoms with E-state index in [2.05, 4.69) is 26.2 Å². The zero-order chi connectivity index (χ0) is 11.9. The molecule has 0 unspecified atom stereocenters. The quantitative estimate of drug-likeness (QED) is 0.531. The molecular weight excluding hydrogens is 224 g/mol. The number of para-hydroxylation sites is 2. The van der Waals surface area contributed by atoms with E-state index in [1.54, 1.807) is 0 Å². The van der Waals surface area contributed by atoms with Crippen LogP contribution in [0, 0.1) is 6.07 Å². The van der Waals surface area contributed by atoms with Crippen LogP contribution in [0.15, 0.2) is 42.5 Å². The van der Waals surface area contributed by atoms with Gasteiger partial charge < -0.3 is 4.98 Å². The van der Waals surface area contributed by atoms with Crippen molar-refractivity contribution in [3.63, 3.8) is 0 Å². The van der Waals surface area contributed by atoms with Crippen LogP contribution >= 0.6 is 0 Å². The summed E-state index contributed by atoms with van der Waals surface area (Å²) in [6.45, 7) is 0. The lowest BCUT2D eigenvalue weighted by Gasteiger charge is -1.90. The van der Waals surface area contributed by atoms with Gasteiger partial charge in [0.05, 0.1) is 16.6 Å². The van der Waals surface area contributed by atoms with Crippen molar-refractivity contribution in [3.8, 4) is 11.5 Å². The van der Waals surface area contributed by atoms with E-state index < -0.39 is 0 Å². The van der Waals surface area contributed by atoms with E-state index in [0.717, 1.165) is 33.5 Å². The smallest absolute Gasteiger partial charge is 0.159 e. The number of nitrogens with zero attached hydrogens (tertiary/aromatic N) is 2. The Morgan fingerprint density at radius 2 is 2.00 bits per heavy atom. The predicted molar refractivity (Wildman–Crippen MR) is 70.0 cm³/mol. The lowest BCUT2D eigenvalue weighted by atomic mass is 10.2. The van der Waals surface area contributed by atoms with E-state index in [9.17, 15) is 0 Å². The number of benzene rings is 2. The minimum Gasteiger partial charge on any atom is -0.337 e. The third-order valence-electron chi connectivity index (χ3n) is 3.02. The van der Waals surface area contributed by atoms with E-state index in [-0.39, 0.29) is 0 Å². The lowest BCUT2D eigenvalue weighted by molar-refractivity contribution is 1.11. The van der Waals surface area contributed by atoms with Gasteiger partial charge in [-0.05, 0) is 30.3 Å². The molecule has 2 aromatic heterocycles. The van der Waals surface area contributed by atoms with Crippen molar-refractivity contribution in [2.75, 3.05) is 0 Å². The fourth-order valence-electron chi connectivity index (χ4n) is 2.15. The second kappa shape index (κ2) is 3.43. The standard InChI is InChI=1S/C14H9N4/c1-2-6-10-9(5-1)13(18-17-10)14-15-11-7-3-4-8-12(11)16-14/h2-8H,(H,15,16)(H,17,18). The molecule has 4 aromatic rings. The van der Waals surface area contributed by atoms with E-state index in [4.69, 9.17) is 0 Å². The molecule has 4 rings (SSSR count). The maximum Gasteiger partial charge on any atom is 0.159 e. The van der Waals surface area contributed by atoms with Crippen LogP contribution in [-0.4, -0.2) is 20.2 Å². The maximum atomic E-state index is 4.55. The fourth-order valence-corrected chi connectivity index (χ4v) is 2.15. The number of imidazole rings is 1. The molecule has 0 saturated carbocycles. The molecule has 1 radical (unpaired) electrons. The lowest BCUT2D eigenvalue weighted by Crippen LogP contribution is -1.80. The molecule has 0 aliphatic carbocycles. The van der Waals surface area contributed by atoms with E-state index >= 15 is 0 Å². The highest BCUT2D eigenvalue weighted by molar-refractivity contribution is 5.92. The van der Waals surface area contributed by atoms with Gasteiger partial charge in [0, 0.05) is 5.39 Å². The number of aromatic amines is 2. The Balaban J connectivity index is 2.01. The van der Waals surface area contributed by atoms with Crippen molar-refractivity contribution in [2.45, 2.75) is 0 Å². The second-order valence-corrected chi connectivity index (χ2v) is 4.15. The number of H-pyrrole nitrogens is 2. The molecule has 4 nitrogen and oxygen atoms in total. The zero-order valence-corrected chi connectivity index (χ0v) is 9.44. The fraction of sp³-hybridized carbons (Fsp3) is 0. The molecule has 0 aliphatic heterocycles. The van der Waals surface area contributed by atoms with Crippen molar-refractivity contribution in [3.05, 3.63) is 48.5 Å². The molecule has 0 aliphatic rings. The summed E-state index contributed by atoms with van der Waals surface area (Å²) in [5.74, 6) is 0.780. The number of hydrogen-bond donors (Lipinski definition) is 2. The highest BCUT2D eigenvalue weighted by Gasteiger charge is 2.11. The van der Waals surface area contributed by atoms with Crippen LogP contribution in [0.1, 0.15) is 0 Å². The first-order valence-electron chi connectivity index (χ1n) is 5.71. The van der Waals surface area contributed by atoms with Gasteiger partial charge in [0.25, 0.3) is 0 Å². The van der Waals surface area contributed by atoms with Gasteiger partial charge in [-0.15, -0.1) is 0 Å². The summed E-state index contributed by atoms with van der Waals surface area (Å²) in [6, 6.07) is 16.8. The third-order valence-corrected chi connectivity index (χ3v) is 3.02. The Morgan fingerprint density at radius 1 is 1.06 bits per heavy atom. The summed E-state index contributed by atoms with van der Waals surface area (Å²) in [5.41, 5.74) is 3.79. The van der Waals surface area contributed by atoms with E-state index in [1.807, 2.05) is 42.5 Å². The number of hydrogen-bond acceptors (Lipinski definition) is 2. The molecule has 4 heteroatoms. The first-order chi connectivity index (χ1) is 8.92. The molecule has 85 valence electrons. The summed E-state index contributed by atoms with van der Waals surface area (Å²) in [6.07, 6.45) is 0. The van der Waals surface area contributed by atoms with Crippen molar-refractivity contribution in [1.82, 2.24) is 20.2 Å². The van der Waals surface area contributed by atoms with Crippen LogP contribution < -0.4 is 0 Å². The molecule has 0 amide bonds. The van der Waals surface area contributed by atoms with Gasteiger partial charge in [0.15, 0.2) is 5.82 Å². The molecule has 0 bridgehead atoms. The Labute approximate surface area is 103 Å². The first-order valence-corrected chi connectivity index (χ1v) is 5.71. The molecule has 2 aromatic carbocycles. The number of nitrogens with one attached hydrogen (secondary N) is 2. The van der Waals surface area contributed by atoms with Crippen molar-refractivity contribution < 1.29 is 0 Å². The van der Waals surface area contributed by atoms with E-state index in [1.165, 1.54) is 0 Å². The van der Waals surface area contributed by atoms with Gasteiger partial charge in [-0.25, -0.2) is 4.98 Å². The van der Waals surface area contributed by atoms with Crippen LogP contribution in [0.25, 0.3) is 33.5 Å². The normalized spacial score (nSPS) is 11.3. The van der Waals surface area contributed by atoms with Crippen LogP contribution in [-0.2, 0) is 0 Å². The summed E-state index contributed by atoms with van der Waals surface area (Å²) in [5, 5.41) is 8.35. The van der Waals surface area contributed by atoms with Crippen LogP contribution in [0.4, 0.5) is 0 Å². The molecule has 18 heavy (non-hydrogen) atoms. The van der Waals surface area contributed by atoms with Gasteiger partial charge in [-0.3, -0.25) is 5.10 Å².